The van der Waals surface area contributed by atoms with Gasteiger partial charge in [-0.3, -0.25) is 14.3 Å². The number of rotatable bonds is 6. The van der Waals surface area contributed by atoms with Gasteiger partial charge in [-0.25, -0.2) is 0 Å². The number of thioether (sulfide) groups is 1. The molecule has 2 aliphatic rings. The van der Waals surface area contributed by atoms with E-state index in [2.05, 4.69) is 25.1 Å². The second-order valence-electron chi connectivity index (χ2n) is 6.55. The number of amides is 1. The van der Waals surface area contributed by atoms with E-state index in [1.165, 1.54) is 11.8 Å². The van der Waals surface area contributed by atoms with Crippen molar-refractivity contribution in [2.75, 3.05) is 17.9 Å². The number of hydrogen-bond acceptors (Lipinski definition) is 7. The lowest BCUT2D eigenvalue weighted by molar-refractivity contribution is -0.113. The molecule has 1 N–H and O–H groups in total. The minimum absolute atomic E-state index is 0.114. The summed E-state index contributed by atoms with van der Waals surface area (Å²) in [5.74, 6) is 2.26. The van der Waals surface area contributed by atoms with Crippen LogP contribution in [0, 0.1) is 0 Å². The fraction of sp³-hybridized carbons (Fsp3) is 0.263. The standard InChI is InChI=1S/C19H17N5O3S/c25-17(21-13-3-6-15-16(8-13)27-11-26-15)10-28-19-23-22-18(24(19)14-4-5-14)12-2-1-7-20-9-12/h1-3,6-9,14H,4-5,10-11H2,(H,21,25). The molecule has 1 aliphatic carbocycles. The van der Waals surface area contributed by atoms with E-state index in [-0.39, 0.29) is 18.5 Å². The van der Waals surface area contributed by atoms with E-state index in [4.69, 9.17) is 9.47 Å². The van der Waals surface area contributed by atoms with E-state index in [1.54, 1.807) is 30.6 Å². The van der Waals surface area contributed by atoms with Crippen LogP contribution in [0.15, 0.2) is 47.9 Å². The average Bonchev–Trinajstić information content (AvgIpc) is 3.29. The molecule has 3 heterocycles. The van der Waals surface area contributed by atoms with E-state index in [1.807, 2.05) is 12.1 Å². The van der Waals surface area contributed by atoms with Crippen LogP contribution >= 0.6 is 11.8 Å². The number of carbonyl (C=O) groups excluding carboxylic acids is 1. The number of benzene rings is 1. The molecule has 0 saturated heterocycles. The molecule has 1 saturated carbocycles. The Hall–Kier alpha value is -3.07. The van der Waals surface area contributed by atoms with E-state index >= 15 is 0 Å². The minimum atomic E-state index is -0.114. The highest BCUT2D eigenvalue weighted by Gasteiger charge is 2.30. The predicted octanol–water partition coefficient (Wildman–Crippen LogP) is 3.13. The van der Waals surface area contributed by atoms with Crippen LogP contribution < -0.4 is 14.8 Å². The molecule has 0 unspecified atom stereocenters. The maximum Gasteiger partial charge on any atom is 0.234 e. The molecule has 1 fully saturated rings. The molecule has 1 aromatic carbocycles. The van der Waals surface area contributed by atoms with Crippen molar-refractivity contribution >= 4 is 23.4 Å². The van der Waals surface area contributed by atoms with E-state index in [9.17, 15) is 4.79 Å². The summed E-state index contributed by atoms with van der Waals surface area (Å²) in [4.78, 5) is 16.6. The lowest BCUT2D eigenvalue weighted by atomic mass is 10.3. The number of aromatic nitrogens is 4. The third-order valence-electron chi connectivity index (χ3n) is 4.48. The molecule has 0 bridgehead atoms. The Bertz CT molecular complexity index is 1020. The van der Waals surface area contributed by atoms with Gasteiger partial charge in [-0.1, -0.05) is 11.8 Å². The van der Waals surface area contributed by atoms with Crippen molar-refractivity contribution in [1.82, 2.24) is 19.7 Å². The second kappa shape index (κ2) is 7.16. The fourth-order valence-electron chi connectivity index (χ4n) is 3.03. The van der Waals surface area contributed by atoms with Crippen LogP contribution in [0.3, 0.4) is 0 Å². The monoisotopic (exact) mass is 395 g/mol. The molecule has 1 amide bonds. The first-order chi connectivity index (χ1) is 13.8. The highest BCUT2D eigenvalue weighted by atomic mass is 32.2. The van der Waals surface area contributed by atoms with Crippen molar-refractivity contribution in [2.45, 2.75) is 24.0 Å². The summed E-state index contributed by atoms with van der Waals surface area (Å²) in [6.45, 7) is 0.207. The topological polar surface area (TPSA) is 91.2 Å². The number of anilines is 1. The van der Waals surface area contributed by atoms with Crippen LogP contribution in [0.25, 0.3) is 11.4 Å². The summed E-state index contributed by atoms with van der Waals surface area (Å²) >= 11 is 1.38. The zero-order valence-corrected chi connectivity index (χ0v) is 15.7. The Morgan fingerprint density at radius 3 is 2.93 bits per heavy atom. The molecule has 9 heteroatoms. The smallest absolute Gasteiger partial charge is 0.234 e. The van der Waals surface area contributed by atoms with Gasteiger partial charge in [0.25, 0.3) is 0 Å². The number of ether oxygens (including phenoxy) is 2. The predicted molar refractivity (Wildman–Crippen MR) is 103 cm³/mol. The molecule has 142 valence electrons. The van der Waals surface area contributed by atoms with Gasteiger partial charge in [0.15, 0.2) is 22.5 Å². The molecule has 0 atom stereocenters. The Balaban J connectivity index is 1.28. The molecule has 0 radical (unpaired) electrons. The van der Waals surface area contributed by atoms with E-state index in [0.29, 0.717) is 23.2 Å². The summed E-state index contributed by atoms with van der Waals surface area (Å²) in [5.41, 5.74) is 1.60. The summed E-state index contributed by atoms with van der Waals surface area (Å²) in [6.07, 6.45) is 5.71. The molecule has 3 aromatic rings. The molecule has 8 nitrogen and oxygen atoms in total. The van der Waals surface area contributed by atoms with Gasteiger partial charge in [-0.2, -0.15) is 0 Å². The average molecular weight is 395 g/mol. The van der Waals surface area contributed by atoms with Gasteiger partial charge < -0.3 is 14.8 Å². The zero-order valence-electron chi connectivity index (χ0n) is 14.9. The van der Waals surface area contributed by atoms with Crippen molar-refractivity contribution in [3.05, 3.63) is 42.7 Å². The molecular formula is C19H17N5O3S. The van der Waals surface area contributed by atoms with Gasteiger partial charge in [0.1, 0.15) is 0 Å². The molecular weight excluding hydrogens is 378 g/mol. The number of nitrogens with zero attached hydrogens (tertiary/aromatic N) is 4. The lowest BCUT2D eigenvalue weighted by Crippen LogP contribution is -2.14. The van der Waals surface area contributed by atoms with Crippen LogP contribution in [0.2, 0.25) is 0 Å². The van der Waals surface area contributed by atoms with Gasteiger partial charge in [-0.05, 0) is 37.1 Å². The number of hydrogen-bond donors (Lipinski definition) is 1. The third kappa shape index (κ3) is 3.40. The van der Waals surface area contributed by atoms with Gasteiger partial charge in [0, 0.05) is 35.8 Å². The normalized spacial score (nSPS) is 14.9. The second-order valence-corrected chi connectivity index (χ2v) is 7.50. The highest BCUT2D eigenvalue weighted by molar-refractivity contribution is 7.99. The van der Waals surface area contributed by atoms with Crippen LogP contribution in [0.4, 0.5) is 5.69 Å². The van der Waals surface area contributed by atoms with E-state index < -0.39 is 0 Å². The van der Waals surface area contributed by atoms with Crippen molar-refractivity contribution in [3.8, 4) is 22.9 Å². The highest BCUT2D eigenvalue weighted by Crippen LogP contribution is 2.41. The number of carbonyl (C=O) groups is 1. The summed E-state index contributed by atoms with van der Waals surface area (Å²) in [5, 5.41) is 12.3. The first-order valence-electron chi connectivity index (χ1n) is 8.95. The summed E-state index contributed by atoms with van der Waals surface area (Å²) < 4.78 is 12.7. The molecule has 0 spiro atoms. The van der Waals surface area contributed by atoms with Gasteiger partial charge >= 0.3 is 0 Å². The fourth-order valence-corrected chi connectivity index (χ4v) is 3.84. The van der Waals surface area contributed by atoms with Gasteiger partial charge in [0.2, 0.25) is 12.7 Å². The van der Waals surface area contributed by atoms with Crippen molar-refractivity contribution < 1.29 is 14.3 Å². The Kier molecular flexibility index (Phi) is 4.36. The number of pyridine rings is 1. The molecule has 28 heavy (non-hydrogen) atoms. The SMILES string of the molecule is O=C(CSc1nnc(-c2cccnc2)n1C1CC1)Nc1ccc2c(c1)OCO2. The Morgan fingerprint density at radius 1 is 1.21 bits per heavy atom. The van der Waals surface area contributed by atoms with Crippen LogP contribution in [0.1, 0.15) is 18.9 Å². The lowest BCUT2D eigenvalue weighted by Gasteiger charge is -2.09. The van der Waals surface area contributed by atoms with Gasteiger partial charge in [0.05, 0.1) is 5.75 Å². The first kappa shape index (κ1) is 17.1. The van der Waals surface area contributed by atoms with Crippen molar-refractivity contribution in [2.24, 2.45) is 0 Å². The quantitative estimate of drug-likeness (QED) is 0.641. The minimum Gasteiger partial charge on any atom is -0.454 e. The van der Waals surface area contributed by atoms with Gasteiger partial charge in [-0.15, -0.1) is 10.2 Å². The number of nitrogens with one attached hydrogen (secondary N) is 1. The van der Waals surface area contributed by atoms with Crippen LogP contribution in [0.5, 0.6) is 11.5 Å². The van der Waals surface area contributed by atoms with Crippen LogP contribution in [-0.4, -0.2) is 38.2 Å². The molecule has 1 aliphatic heterocycles. The third-order valence-corrected chi connectivity index (χ3v) is 5.43. The van der Waals surface area contributed by atoms with Crippen molar-refractivity contribution in [3.63, 3.8) is 0 Å². The maximum absolute atomic E-state index is 12.4. The molecule has 2 aromatic heterocycles. The molecule has 5 rings (SSSR count). The first-order valence-corrected chi connectivity index (χ1v) is 9.94. The maximum atomic E-state index is 12.4. The van der Waals surface area contributed by atoms with Crippen LogP contribution in [-0.2, 0) is 4.79 Å². The Labute approximate surface area is 165 Å². The zero-order chi connectivity index (χ0) is 18.9. The number of fused-ring (bicyclic) bond motifs is 1. The Morgan fingerprint density at radius 2 is 2.11 bits per heavy atom. The summed E-state index contributed by atoms with van der Waals surface area (Å²) in [7, 11) is 0. The van der Waals surface area contributed by atoms with E-state index in [0.717, 1.165) is 29.4 Å². The largest absolute Gasteiger partial charge is 0.454 e. The van der Waals surface area contributed by atoms with Crippen molar-refractivity contribution in [1.29, 1.82) is 0 Å². The summed E-state index contributed by atoms with van der Waals surface area (Å²) in [6, 6.07) is 9.59.